The average Bonchev–Trinajstić information content (AvgIpc) is 3.06. The van der Waals surface area contributed by atoms with Crippen molar-refractivity contribution in [1.29, 1.82) is 0 Å². The zero-order valence-electron chi connectivity index (χ0n) is 15.3. The third-order valence-corrected chi connectivity index (χ3v) is 6.94. The maximum absolute atomic E-state index is 14.4. The summed E-state index contributed by atoms with van der Waals surface area (Å²) in [5, 5.41) is 2.93. The maximum Gasteiger partial charge on any atom is 0.268 e. The van der Waals surface area contributed by atoms with E-state index in [-0.39, 0.29) is 21.0 Å². The van der Waals surface area contributed by atoms with Gasteiger partial charge in [0.2, 0.25) is 0 Å². The molecule has 0 saturated heterocycles. The SMILES string of the molecule is CNCc1cc(-c2ccccc2F)n(S(=O)(=O)c2cccc(S(C)(=O)=O)c2)c1. The Labute approximate surface area is 163 Å². The summed E-state index contributed by atoms with van der Waals surface area (Å²) in [6.45, 7) is 0.382. The Hall–Kier alpha value is -2.49. The molecule has 1 aromatic heterocycles. The fourth-order valence-electron chi connectivity index (χ4n) is 2.84. The maximum atomic E-state index is 14.4. The van der Waals surface area contributed by atoms with Crippen LogP contribution in [-0.2, 0) is 26.4 Å². The highest BCUT2D eigenvalue weighted by Crippen LogP contribution is 2.29. The number of hydrogen-bond acceptors (Lipinski definition) is 5. The van der Waals surface area contributed by atoms with Crippen molar-refractivity contribution in [2.24, 2.45) is 0 Å². The van der Waals surface area contributed by atoms with Crippen molar-refractivity contribution in [2.45, 2.75) is 16.3 Å². The normalized spacial score (nSPS) is 12.2. The van der Waals surface area contributed by atoms with Gasteiger partial charge in [-0.05, 0) is 49.0 Å². The summed E-state index contributed by atoms with van der Waals surface area (Å²) in [4.78, 5) is -0.303. The molecule has 0 aliphatic heterocycles. The third kappa shape index (κ3) is 3.87. The molecule has 0 spiro atoms. The number of nitrogens with zero attached hydrogens (tertiary/aromatic N) is 1. The van der Waals surface area contributed by atoms with Gasteiger partial charge in [-0.2, -0.15) is 0 Å². The van der Waals surface area contributed by atoms with E-state index in [4.69, 9.17) is 0 Å². The summed E-state index contributed by atoms with van der Waals surface area (Å²) < 4.78 is 65.5. The second kappa shape index (κ2) is 7.50. The number of sulfone groups is 1. The molecule has 3 rings (SSSR count). The molecule has 0 aliphatic rings. The zero-order valence-corrected chi connectivity index (χ0v) is 16.9. The summed E-state index contributed by atoms with van der Waals surface area (Å²) in [6.07, 6.45) is 2.41. The molecular formula is C19H19FN2O4S2. The molecular weight excluding hydrogens is 403 g/mol. The lowest BCUT2D eigenvalue weighted by atomic mass is 10.1. The number of hydrogen-bond donors (Lipinski definition) is 1. The van der Waals surface area contributed by atoms with Crippen LogP contribution >= 0.6 is 0 Å². The highest BCUT2D eigenvalue weighted by atomic mass is 32.2. The minimum absolute atomic E-state index is 0.108. The van der Waals surface area contributed by atoms with Gasteiger partial charge in [0.25, 0.3) is 10.0 Å². The first-order valence-corrected chi connectivity index (χ1v) is 11.6. The summed E-state index contributed by atoms with van der Waals surface area (Å²) in [5.41, 5.74) is 0.935. The molecule has 1 heterocycles. The summed E-state index contributed by atoms with van der Waals surface area (Å²) >= 11 is 0. The van der Waals surface area contributed by atoms with Crippen LogP contribution in [0.25, 0.3) is 11.3 Å². The lowest BCUT2D eigenvalue weighted by molar-refractivity contribution is 0.587. The first-order chi connectivity index (χ1) is 13.1. The van der Waals surface area contributed by atoms with Crippen molar-refractivity contribution in [3.05, 3.63) is 72.2 Å². The van der Waals surface area contributed by atoms with E-state index < -0.39 is 25.7 Å². The second-order valence-corrected chi connectivity index (χ2v) is 10.1. The predicted octanol–water partition coefficient (Wildman–Crippen LogP) is 2.65. The minimum Gasteiger partial charge on any atom is -0.316 e. The summed E-state index contributed by atoms with van der Waals surface area (Å²) in [6, 6.07) is 12.6. The van der Waals surface area contributed by atoms with E-state index in [2.05, 4.69) is 5.32 Å². The van der Waals surface area contributed by atoms with Crippen LogP contribution in [0, 0.1) is 5.82 Å². The molecule has 6 nitrogen and oxygen atoms in total. The lowest BCUT2D eigenvalue weighted by Crippen LogP contribution is -2.14. The van der Waals surface area contributed by atoms with Crippen molar-refractivity contribution in [2.75, 3.05) is 13.3 Å². The topological polar surface area (TPSA) is 85.2 Å². The van der Waals surface area contributed by atoms with Crippen LogP contribution in [0.5, 0.6) is 0 Å². The number of benzene rings is 2. The largest absolute Gasteiger partial charge is 0.316 e. The quantitative estimate of drug-likeness (QED) is 0.660. The van der Waals surface area contributed by atoms with Gasteiger partial charge in [-0.3, -0.25) is 0 Å². The Morgan fingerprint density at radius 3 is 2.29 bits per heavy atom. The number of rotatable bonds is 6. The first kappa shape index (κ1) is 20.2. The molecule has 9 heteroatoms. The van der Waals surface area contributed by atoms with Gasteiger partial charge in [-0.15, -0.1) is 0 Å². The van der Waals surface area contributed by atoms with Crippen LogP contribution in [0.4, 0.5) is 4.39 Å². The van der Waals surface area contributed by atoms with Gasteiger partial charge in [0.05, 0.1) is 15.5 Å². The van der Waals surface area contributed by atoms with Gasteiger partial charge in [-0.25, -0.2) is 25.2 Å². The van der Waals surface area contributed by atoms with Gasteiger partial charge in [-0.1, -0.05) is 18.2 Å². The molecule has 0 saturated carbocycles. The molecule has 0 bridgehead atoms. The highest BCUT2D eigenvalue weighted by molar-refractivity contribution is 7.91. The van der Waals surface area contributed by atoms with Crippen LogP contribution in [-0.4, -0.2) is 34.1 Å². The van der Waals surface area contributed by atoms with Gasteiger partial charge in [0.1, 0.15) is 5.82 Å². The number of aromatic nitrogens is 1. The molecule has 0 unspecified atom stereocenters. The summed E-state index contributed by atoms with van der Waals surface area (Å²) in [7, 11) is -6.03. The molecule has 0 amide bonds. The molecule has 3 aromatic rings. The molecule has 28 heavy (non-hydrogen) atoms. The fourth-order valence-corrected chi connectivity index (χ4v) is 5.02. The van der Waals surface area contributed by atoms with Crippen molar-refractivity contribution < 1.29 is 21.2 Å². The fraction of sp³-hybridized carbons (Fsp3) is 0.158. The van der Waals surface area contributed by atoms with E-state index in [9.17, 15) is 21.2 Å². The van der Waals surface area contributed by atoms with Crippen LogP contribution < -0.4 is 5.32 Å². The Bertz CT molecular complexity index is 1230. The van der Waals surface area contributed by atoms with E-state index in [0.717, 1.165) is 16.3 Å². The number of halogens is 1. The molecule has 148 valence electrons. The Balaban J connectivity index is 2.24. The average molecular weight is 423 g/mol. The minimum atomic E-state index is -4.16. The lowest BCUT2D eigenvalue weighted by Gasteiger charge is -2.12. The van der Waals surface area contributed by atoms with Crippen molar-refractivity contribution in [1.82, 2.24) is 9.29 Å². The molecule has 0 atom stereocenters. The van der Waals surface area contributed by atoms with Gasteiger partial charge >= 0.3 is 0 Å². The van der Waals surface area contributed by atoms with E-state index in [1.165, 1.54) is 42.6 Å². The monoisotopic (exact) mass is 422 g/mol. The molecule has 0 radical (unpaired) electrons. The third-order valence-electron chi connectivity index (χ3n) is 4.16. The van der Waals surface area contributed by atoms with E-state index >= 15 is 0 Å². The van der Waals surface area contributed by atoms with Crippen LogP contribution in [0.2, 0.25) is 0 Å². The second-order valence-electron chi connectivity index (χ2n) is 6.29. The van der Waals surface area contributed by atoms with Gasteiger partial charge < -0.3 is 5.32 Å². The van der Waals surface area contributed by atoms with Crippen molar-refractivity contribution in [3.63, 3.8) is 0 Å². The number of nitrogens with one attached hydrogen (secondary N) is 1. The van der Waals surface area contributed by atoms with Crippen LogP contribution in [0.3, 0.4) is 0 Å². The van der Waals surface area contributed by atoms with Crippen LogP contribution in [0.15, 0.2) is 70.6 Å². The highest BCUT2D eigenvalue weighted by Gasteiger charge is 2.24. The predicted molar refractivity (Wildman–Crippen MR) is 105 cm³/mol. The van der Waals surface area contributed by atoms with E-state index in [1.54, 1.807) is 19.2 Å². The Morgan fingerprint density at radius 1 is 0.964 bits per heavy atom. The van der Waals surface area contributed by atoms with Crippen molar-refractivity contribution in [3.8, 4) is 11.3 Å². The van der Waals surface area contributed by atoms with Gasteiger partial charge in [0.15, 0.2) is 9.84 Å². The smallest absolute Gasteiger partial charge is 0.268 e. The molecule has 0 fully saturated rings. The zero-order chi connectivity index (χ0) is 20.5. The molecule has 0 aliphatic carbocycles. The first-order valence-electron chi connectivity index (χ1n) is 8.31. The Morgan fingerprint density at radius 2 is 1.64 bits per heavy atom. The van der Waals surface area contributed by atoms with E-state index in [0.29, 0.717) is 12.1 Å². The Kier molecular flexibility index (Phi) is 5.42. The van der Waals surface area contributed by atoms with Gasteiger partial charge in [0, 0.05) is 24.6 Å². The van der Waals surface area contributed by atoms with Crippen molar-refractivity contribution >= 4 is 19.9 Å². The summed E-state index contributed by atoms with van der Waals surface area (Å²) in [5.74, 6) is -0.557. The van der Waals surface area contributed by atoms with E-state index in [1.807, 2.05) is 0 Å². The van der Waals surface area contributed by atoms with Crippen LogP contribution in [0.1, 0.15) is 5.56 Å². The molecule has 2 aromatic carbocycles. The molecule has 1 N–H and O–H groups in total. The standard InChI is InChI=1S/C19H19FN2O4S2/c1-21-12-14-10-19(17-8-3-4-9-18(17)20)22(13-14)28(25,26)16-7-5-6-15(11-16)27(2,23)24/h3-11,13,21H,12H2,1-2H3.